The molecule has 0 radical (unpaired) electrons. The number of ether oxygens (including phenoxy) is 1. The van der Waals surface area contributed by atoms with Crippen molar-refractivity contribution in [2.45, 2.75) is 16.7 Å². The van der Waals surface area contributed by atoms with Crippen LogP contribution in [0.5, 0.6) is 0 Å². The van der Waals surface area contributed by atoms with E-state index in [9.17, 15) is 13.2 Å². The summed E-state index contributed by atoms with van der Waals surface area (Å²) in [7, 11) is -3.54. The van der Waals surface area contributed by atoms with Gasteiger partial charge in [-0.3, -0.25) is 5.32 Å². The van der Waals surface area contributed by atoms with Crippen LogP contribution in [0, 0.1) is 0 Å². The van der Waals surface area contributed by atoms with Crippen LogP contribution in [0.4, 0.5) is 10.5 Å². The topological polar surface area (TPSA) is 72.5 Å². The number of carbonyl (C=O) groups is 1. The van der Waals surface area contributed by atoms with Gasteiger partial charge in [0, 0.05) is 5.69 Å². The molecule has 0 bridgehead atoms. The molecule has 0 aromatic heterocycles. The smallest absolute Gasteiger partial charge is 0.411 e. The summed E-state index contributed by atoms with van der Waals surface area (Å²) in [5.41, 5.74) is 0.473. The second-order valence-corrected chi connectivity index (χ2v) is 6.14. The molecule has 0 fully saturated rings. The van der Waals surface area contributed by atoms with Crippen LogP contribution in [0.25, 0.3) is 0 Å². The van der Waals surface area contributed by atoms with Crippen LogP contribution in [0.1, 0.15) is 6.92 Å². The van der Waals surface area contributed by atoms with Crippen molar-refractivity contribution in [2.75, 3.05) is 11.9 Å². The van der Waals surface area contributed by atoms with Crippen molar-refractivity contribution in [3.8, 4) is 0 Å². The van der Waals surface area contributed by atoms with Crippen molar-refractivity contribution in [2.24, 2.45) is 0 Å². The minimum Gasteiger partial charge on any atom is -0.450 e. The molecule has 1 amide bonds. The zero-order valence-corrected chi connectivity index (χ0v) is 12.3. The highest BCUT2D eigenvalue weighted by Gasteiger charge is 2.16. The first-order chi connectivity index (χ1) is 10.0. The number of carbonyl (C=O) groups excluding carboxylic acids is 1. The summed E-state index contributed by atoms with van der Waals surface area (Å²) in [6.07, 6.45) is -0.573. The average molecular weight is 305 g/mol. The van der Waals surface area contributed by atoms with Crippen molar-refractivity contribution < 1.29 is 17.9 Å². The van der Waals surface area contributed by atoms with E-state index in [1.165, 1.54) is 24.3 Å². The Hall–Kier alpha value is -2.34. The summed E-state index contributed by atoms with van der Waals surface area (Å²) in [4.78, 5) is 11.7. The normalized spacial score (nSPS) is 10.9. The van der Waals surface area contributed by atoms with E-state index in [2.05, 4.69) is 5.32 Å². The Kier molecular flexibility index (Phi) is 4.59. The van der Waals surface area contributed by atoms with E-state index in [4.69, 9.17) is 4.74 Å². The van der Waals surface area contributed by atoms with Gasteiger partial charge in [-0.2, -0.15) is 0 Å². The molecule has 0 aliphatic rings. The van der Waals surface area contributed by atoms with Crippen LogP contribution in [-0.4, -0.2) is 21.1 Å². The van der Waals surface area contributed by atoms with Crippen LogP contribution >= 0.6 is 0 Å². The largest absolute Gasteiger partial charge is 0.450 e. The van der Waals surface area contributed by atoms with Crippen LogP contribution in [0.15, 0.2) is 64.4 Å². The van der Waals surface area contributed by atoms with E-state index in [1.807, 2.05) is 0 Å². The Bertz CT molecular complexity index is 709. The Morgan fingerprint density at radius 3 is 2.14 bits per heavy atom. The molecular weight excluding hydrogens is 290 g/mol. The molecule has 0 unspecified atom stereocenters. The fourth-order valence-corrected chi connectivity index (χ4v) is 3.02. The van der Waals surface area contributed by atoms with Gasteiger partial charge in [-0.05, 0) is 43.3 Å². The standard InChI is InChI=1S/C15H15NO4S/c1-2-20-15(17)16-12-8-10-14(11-9-12)21(18,19)13-6-4-3-5-7-13/h3-11H,2H2,1H3,(H,16,17). The Labute approximate surface area is 123 Å². The summed E-state index contributed by atoms with van der Waals surface area (Å²) < 4.78 is 29.5. The monoisotopic (exact) mass is 305 g/mol. The minimum absolute atomic E-state index is 0.170. The molecule has 0 heterocycles. The molecule has 0 saturated carbocycles. The third-order valence-electron chi connectivity index (χ3n) is 2.74. The number of sulfone groups is 1. The summed E-state index contributed by atoms with van der Waals surface area (Å²) in [6.45, 7) is 1.97. The Morgan fingerprint density at radius 1 is 1.00 bits per heavy atom. The fraction of sp³-hybridized carbons (Fsp3) is 0.133. The zero-order chi connectivity index (χ0) is 15.3. The van der Waals surface area contributed by atoms with Gasteiger partial charge >= 0.3 is 6.09 Å². The SMILES string of the molecule is CCOC(=O)Nc1ccc(S(=O)(=O)c2ccccc2)cc1. The molecule has 0 saturated heterocycles. The minimum atomic E-state index is -3.54. The predicted octanol–water partition coefficient (Wildman–Crippen LogP) is 3.09. The molecule has 5 nitrogen and oxygen atoms in total. The summed E-state index contributed by atoms with van der Waals surface area (Å²) >= 11 is 0. The number of hydrogen-bond donors (Lipinski definition) is 1. The predicted molar refractivity (Wildman–Crippen MR) is 79.0 cm³/mol. The number of nitrogens with one attached hydrogen (secondary N) is 1. The van der Waals surface area contributed by atoms with E-state index in [1.54, 1.807) is 37.3 Å². The molecule has 0 aliphatic carbocycles. The molecule has 2 aromatic rings. The number of amides is 1. The summed E-state index contributed by atoms with van der Waals surface area (Å²) in [6, 6.07) is 14.1. The molecule has 0 aliphatic heterocycles. The fourth-order valence-electron chi connectivity index (χ4n) is 1.74. The van der Waals surface area contributed by atoms with Crippen LogP contribution in [0.3, 0.4) is 0 Å². The lowest BCUT2D eigenvalue weighted by atomic mass is 10.3. The second-order valence-electron chi connectivity index (χ2n) is 4.19. The van der Waals surface area contributed by atoms with E-state index in [0.29, 0.717) is 5.69 Å². The van der Waals surface area contributed by atoms with Crippen molar-refractivity contribution in [1.82, 2.24) is 0 Å². The van der Waals surface area contributed by atoms with Gasteiger partial charge in [0.2, 0.25) is 9.84 Å². The first kappa shape index (κ1) is 15.1. The van der Waals surface area contributed by atoms with Crippen LogP contribution in [0.2, 0.25) is 0 Å². The van der Waals surface area contributed by atoms with Gasteiger partial charge in [0.1, 0.15) is 0 Å². The molecular formula is C15H15NO4S. The van der Waals surface area contributed by atoms with Gasteiger partial charge in [0.05, 0.1) is 16.4 Å². The van der Waals surface area contributed by atoms with E-state index < -0.39 is 15.9 Å². The molecule has 21 heavy (non-hydrogen) atoms. The zero-order valence-electron chi connectivity index (χ0n) is 11.4. The van der Waals surface area contributed by atoms with E-state index in [0.717, 1.165) is 0 Å². The van der Waals surface area contributed by atoms with Crippen molar-refractivity contribution >= 4 is 21.6 Å². The van der Waals surface area contributed by atoms with Crippen molar-refractivity contribution in [3.63, 3.8) is 0 Å². The highest BCUT2D eigenvalue weighted by atomic mass is 32.2. The first-order valence-corrected chi connectivity index (χ1v) is 7.86. The lowest BCUT2D eigenvalue weighted by Gasteiger charge is -2.07. The molecule has 6 heteroatoms. The molecule has 2 aromatic carbocycles. The Balaban J connectivity index is 2.21. The van der Waals surface area contributed by atoms with Gasteiger partial charge in [-0.1, -0.05) is 18.2 Å². The van der Waals surface area contributed by atoms with Gasteiger partial charge in [-0.15, -0.1) is 0 Å². The Morgan fingerprint density at radius 2 is 1.57 bits per heavy atom. The lowest BCUT2D eigenvalue weighted by molar-refractivity contribution is 0.168. The maximum absolute atomic E-state index is 12.4. The first-order valence-electron chi connectivity index (χ1n) is 6.38. The second kappa shape index (κ2) is 6.41. The van der Waals surface area contributed by atoms with Gasteiger partial charge in [0.25, 0.3) is 0 Å². The van der Waals surface area contributed by atoms with Crippen molar-refractivity contribution in [3.05, 3.63) is 54.6 Å². The third-order valence-corrected chi connectivity index (χ3v) is 4.53. The molecule has 0 atom stereocenters. The summed E-state index contributed by atoms with van der Waals surface area (Å²) in [5.74, 6) is 0. The molecule has 110 valence electrons. The number of rotatable bonds is 4. The maximum Gasteiger partial charge on any atom is 0.411 e. The number of benzene rings is 2. The van der Waals surface area contributed by atoms with Crippen molar-refractivity contribution in [1.29, 1.82) is 0 Å². The quantitative estimate of drug-likeness (QED) is 0.942. The van der Waals surface area contributed by atoms with Crippen LogP contribution in [-0.2, 0) is 14.6 Å². The summed E-state index contributed by atoms with van der Waals surface area (Å²) in [5, 5.41) is 2.51. The average Bonchev–Trinajstić information content (AvgIpc) is 2.49. The van der Waals surface area contributed by atoms with E-state index in [-0.39, 0.29) is 16.4 Å². The van der Waals surface area contributed by atoms with Gasteiger partial charge in [-0.25, -0.2) is 13.2 Å². The number of hydrogen-bond acceptors (Lipinski definition) is 4. The molecule has 2 rings (SSSR count). The van der Waals surface area contributed by atoms with Gasteiger partial charge < -0.3 is 4.74 Å². The third kappa shape index (κ3) is 3.61. The van der Waals surface area contributed by atoms with Gasteiger partial charge in [0.15, 0.2) is 0 Å². The highest BCUT2D eigenvalue weighted by molar-refractivity contribution is 7.91. The lowest BCUT2D eigenvalue weighted by Crippen LogP contribution is -2.13. The number of anilines is 1. The maximum atomic E-state index is 12.4. The van der Waals surface area contributed by atoms with Crippen LogP contribution < -0.4 is 5.32 Å². The van der Waals surface area contributed by atoms with E-state index >= 15 is 0 Å². The molecule has 0 spiro atoms. The highest BCUT2D eigenvalue weighted by Crippen LogP contribution is 2.22. The molecule has 1 N–H and O–H groups in total.